The van der Waals surface area contributed by atoms with Crippen LogP contribution in [0.1, 0.15) is 48.0 Å². The van der Waals surface area contributed by atoms with Gasteiger partial charge in [0.25, 0.3) is 5.91 Å². The Morgan fingerprint density at radius 3 is 2.87 bits per heavy atom. The Labute approximate surface area is 181 Å². The van der Waals surface area contributed by atoms with Gasteiger partial charge in [0.15, 0.2) is 0 Å². The minimum absolute atomic E-state index is 0.0107. The predicted molar refractivity (Wildman–Crippen MR) is 116 cm³/mol. The molecule has 0 N–H and O–H groups in total. The van der Waals surface area contributed by atoms with Gasteiger partial charge < -0.3 is 18.9 Å². The lowest BCUT2D eigenvalue weighted by Crippen LogP contribution is -2.41. The topological polar surface area (TPSA) is 84.5 Å². The predicted octanol–water partition coefficient (Wildman–Crippen LogP) is 3.25. The van der Waals surface area contributed by atoms with Crippen molar-refractivity contribution in [2.75, 3.05) is 20.1 Å². The van der Waals surface area contributed by atoms with E-state index in [0.29, 0.717) is 25.1 Å². The number of hydrogen-bond acceptors (Lipinski definition) is 5. The van der Waals surface area contributed by atoms with E-state index in [0.717, 1.165) is 48.4 Å². The Hall–Kier alpha value is -3.16. The molecule has 1 saturated heterocycles. The van der Waals surface area contributed by atoms with E-state index in [4.69, 9.17) is 4.52 Å². The van der Waals surface area contributed by atoms with Crippen molar-refractivity contribution in [1.29, 1.82) is 0 Å². The van der Waals surface area contributed by atoms with Crippen molar-refractivity contribution in [3.63, 3.8) is 0 Å². The Bertz CT molecular complexity index is 1090. The molecular formula is C23H29N5O3. The maximum absolute atomic E-state index is 13.1. The van der Waals surface area contributed by atoms with Gasteiger partial charge in [0.2, 0.25) is 5.91 Å². The number of aryl methyl sites for hydroxylation is 2. The first kappa shape index (κ1) is 21.1. The van der Waals surface area contributed by atoms with Crippen LogP contribution in [0.25, 0.3) is 11.0 Å². The number of imidazole rings is 1. The molecule has 31 heavy (non-hydrogen) atoms. The number of hydrogen-bond donors (Lipinski definition) is 0. The molecule has 1 atom stereocenters. The minimum atomic E-state index is 0.0107. The molecule has 0 spiro atoms. The molecule has 3 heterocycles. The summed E-state index contributed by atoms with van der Waals surface area (Å²) in [6, 6.07) is 7.54. The van der Waals surface area contributed by atoms with Crippen LogP contribution in [0.2, 0.25) is 0 Å². The Kier molecular flexibility index (Phi) is 6.06. The van der Waals surface area contributed by atoms with E-state index in [9.17, 15) is 9.59 Å². The van der Waals surface area contributed by atoms with Crippen LogP contribution >= 0.6 is 0 Å². The van der Waals surface area contributed by atoms with E-state index in [-0.39, 0.29) is 17.7 Å². The van der Waals surface area contributed by atoms with Gasteiger partial charge >= 0.3 is 0 Å². The first-order valence-electron chi connectivity index (χ1n) is 10.8. The molecule has 0 unspecified atom stereocenters. The van der Waals surface area contributed by atoms with E-state index in [2.05, 4.69) is 21.6 Å². The van der Waals surface area contributed by atoms with E-state index < -0.39 is 0 Å². The average Bonchev–Trinajstić information content (AvgIpc) is 3.38. The maximum atomic E-state index is 13.1. The molecule has 0 radical (unpaired) electrons. The molecule has 2 aromatic heterocycles. The van der Waals surface area contributed by atoms with Crippen molar-refractivity contribution in [1.82, 2.24) is 24.5 Å². The lowest BCUT2D eigenvalue weighted by atomic mass is 9.93. The molecule has 8 nitrogen and oxygen atoms in total. The summed E-state index contributed by atoms with van der Waals surface area (Å²) in [5.74, 6) is 0.967. The monoisotopic (exact) mass is 423 g/mol. The fourth-order valence-electron chi connectivity index (χ4n) is 4.27. The molecule has 0 saturated carbocycles. The van der Waals surface area contributed by atoms with Gasteiger partial charge in [-0.1, -0.05) is 5.16 Å². The van der Waals surface area contributed by atoms with E-state index in [1.54, 1.807) is 18.3 Å². The number of amides is 2. The maximum Gasteiger partial charge on any atom is 0.253 e. The quantitative estimate of drug-likeness (QED) is 0.608. The first-order chi connectivity index (χ1) is 14.9. The number of likely N-dealkylation sites (tertiary alicyclic amines) is 1. The van der Waals surface area contributed by atoms with Gasteiger partial charge in [0, 0.05) is 44.7 Å². The van der Waals surface area contributed by atoms with Crippen molar-refractivity contribution in [2.45, 2.75) is 46.2 Å². The fourth-order valence-corrected chi connectivity index (χ4v) is 4.27. The number of carbonyl (C=O) groups excluding carboxylic acids is 2. The van der Waals surface area contributed by atoms with Crippen LogP contribution in [0.4, 0.5) is 0 Å². The minimum Gasteiger partial charge on any atom is -0.361 e. The van der Waals surface area contributed by atoms with Gasteiger partial charge in [-0.05, 0) is 50.8 Å². The average molecular weight is 424 g/mol. The standard InChI is InChI=1S/C23H29N5O3/c1-4-27-15-24-20-12-18(7-8-21(20)27)23(30)28-9-5-6-17(13-28)11-22(29)26(3)14-19-10-16(2)31-25-19/h7-8,10,12,15,17H,4-6,9,11,13-14H2,1-3H3/t17-/m1/s1. The highest BCUT2D eigenvalue weighted by atomic mass is 16.5. The van der Waals surface area contributed by atoms with Crippen LogP contribution in [-0.2, 0) is 17.9 Å². The third-order valence-electron chi connectivity index (χ3n) is 5.98. The van der Waals surface area contributed by atoms with Gasteiger partial charge in [-0.3, -0.25) is 9.59 Å². The van der Waals surface area contributed by atoms with Gasteiger partial charge in [0.1, 0.15) is 11.5 Å². The molecule has 0 bridgehead atoms. The molecule has 3 aromatic rings. The van der Waals surface area contributed by atoms with E-state index in [1.807, 2.05) is 36.1 Å². The highest BCUT2D eigenvalue weighted by molar-refractivity contribution is 5.97. The fraction of sp³-hybridized carbons (Fsp3) is 0.478. The van der Waals surface area contributed by atoms with Gasteiger partial charge in [-0.15, -0.1) is 0 Å². The third kappa shape index (κ3) is 4.62. The van der Waals surface area contributed by atoms with Crippen LogP contribution in [-0.4, -0.2) is 56.5 Å². The van der Waals surface area contributed by atoms with Gasteiger partial charge in [0.05, 0.1) is 23.9 Å². The first-order valence-corrected chi connectivity index (χ1v) is 10.8. The summed E-state index contributed by atoms with van der Waals surface area (Å²) in [7, 11) is 1.78. The number of nitrogens with zero attached hydrogens (tertiary/aromatic N) is 5. The van der Waals surface area contributed by atoms with Crippen molar-refractivity contribution in [3.8, 4) is 0 Å². The number of benzene rings is 1. The molecule has 8 heteroatoms. The second-order valence-electron chi connectivity index (χ2n) is 8.38. The highest BCUT2D eigenvalue weighted by Crippen LogP contribution is 2.23. The Morgan fingerprint density at radius 2 is 2.13 bits per heavy atom. The summed E-state index contributed by atoms with van der Waals surface area (Å²) in [5.41, 5.74) is 3.27. The van der Waals surface area contributed by atoms with Gasteiger partial charge in [-0.25, -0.2) is 4.98 Å². The second kappa shape index (κ2) is 8.91. The number of aromatic nitrogens is 3. The summed E-state index contributed by atoms with van der Waals surface area (Å²) in [4.78, 5) is 33.8. The molecule has 164 valence electrons. The molecule has 1 aliphatic heterocycles. The summed E-state index contributed by atoms with van der Waals surface area (Å²) < 4.78 is 7.13. The molecule has 2 amide bonds. The van der Waals surface area contributed by atoms with Crippen LogP contribution in [0.5, 0.6) is 0 Å². The van der Waals surface area contributed by atoms with Crippen LogP contribution < -0.4 is 0 Å². The third-order valence-corrected chi connectivity index (χ3v) is 5.98. The summed E-state index contributed by atoms with van der Waals surface area (Å²) in [6.07, 6.45) is 4.09. The second-order valence-corrected chi connectivity index (χ2v) is 8.38. The largest absolute Gasteiger partial charge is 0.361 e. The molecule has 4 rings (SSSR count). The number of carbonyl (C=O) groups is 2. The lowest BCUT2D eigenvalue weighted by molar-refractivity contribution is -0.131. The smallest absolute Gasteiger partial charge is 0.253 e. The molecular weight excluding hydrogens is 394 g/mol. The molecule has 0 aliphatic carbocycles. The summed E-state index contributed by atoms with van der Waals surface area (Å²) in [5, 5.41) is 3.95. The van der Waals surface area contributed by atoms with E-state index >= 15 is 0 Å². The molecule has 1 aliphatic rings. The molecule has 1 fully saturated rings. The zero-order valence-corrected chi connectivity index (χ0v) is 18.4. The lowest BCUT2D eigenvalue weighted by Gasteiger charge is -2.33. The zero-order valence-electron chi connectivity index (χ0n) is 18.4. The number of fused-ring (bicyclic) bond motifs is 1. The Morgan fingerprint density at radius 1 is 1.29 bits per heavy atom. The van der Waals surface area contributed by atoms with Crippen molar-refractivity contribution in [3.05, 3.63) is 47.6 Å². The summed E-state index contributed by atoms with van der Waals surface area (Å²) in [6.45, 7) is 6.49. The van der Waals surface area contributed by atoms with Crippen molar-refractivity contribution < 1.29 is 14.1 Å². The van der Waals surface area contributed by atoms with Crippen molar-refractivity contribution in [2.24, 2.45) is 5.92 Å². The van der Waals surface area contributed by atoms with Crippen molar-refractivity contribution >= 4 is 22.8 Å². The highest BCUT2D eigenvalue weighted by Gasteiger charge is 2.27. The molecule has 1 aromatic carbocycles. The van der Waals surface area contributed by atoms with Gasteiger partial charge in [-0.2, -0.15) is 0 Å². The SMILES string of the molecule is CCn1cnc2cc(C(=O)N3CCC[C@H](CC(=O)N(C)Cc4cc(C)on4)C3)ccc21. The Balaban J connectivity index is 1.37. The van der Waals surface area contributed by atoms with Crippen LogP contribution in [0, 0.1) is 12.8 Å². The van der Waals surface area contributed by atoms with E-state index in [1.165, 1.54) is 0 Å². The van der Waals surface area contributed by atoms with Crippen LogP contribution in [0.3, 0.4) is 0 Å². The number of piperidine rings is 1. The normalized spacial score (nSPS) is 16.6. The van der Waals surface area contributed by atoms with Crippen LogP contribution in [0.15, 0.2) is 35.1 Å². The number of rotatable bonds is 6. The zero-order chi connectivity index (χ0) is 22.0. The summed E-state index contributed by atoms with van der Waals surface area (Å²) >= 11 is 0.